The summed E-state index contributed by atoms with van der Waals surface area (Å²) >= 11 is 0. The topological polar surface area (TPSA) is 68.2 Å². The standard InChI is InChI=1S/C11H20N4O/c1-15-7-2-4-10(15)8-13-9-11(16)14-6-3-5-12/h10,13H,2-4,6-9H2,1H3,(H,14,16). The lowest BCUT2D eigenvalue weighted by atomic mass is 10.2. The summed E-state index contributed by atoms with van der Waals surface area (Å²) in [5.74, 6) is -0.0316. The Morgan fingerprint density at radius 2 is 2.44 bits per heavy atom. The molecule has 1 fully saturated rings. The minimum atomic E-state index is -0.0316. The fourth-order valence-corrected chi connectivity index (χ4v) is 1.91. The largest absolute Gasteiger partial charge is 0.354 e. The molecule has 1 aliphatic rings. The van der Waals surface area contributed by atoms with E-state index in [9.17, 15) is 4.79 Å². The predicted octanol–water partition coefficient (Wildman–Crippen LogP) is -0.300. The van der Waals surface area contributed by atoms with Gasteiger partial charge < -0.3 is 15.5 Å². The Kier molecular flexibility index (Phi) is 5.83. The van der Waals surface area contributed by atoms with E-state index in [0.717, 1.165) is 13.1 Å². The van der Waals surface area contributed by atoms with Crippen LogP contribution in [0.5, 0.6) is 0 Å². The van der Waals surface area contributed by atoms with E-state index in [0.29, 0.717) is 25.6 Å². The zero-order valence-corrected chi connectivity index (χ0v) is 9.83. The van der Waals surface area contributed by atoms with E-state index in [1.54, 1.807) is 0 Å². The molecule has 1 aliphatic heterocycles. The minimum Gasteiger partial charge on any atom is -0.354 e. The van der Waals surface area contributed by atoms with Gasteiger partial charge in [-0.05, 0) is 26.4 Å². The first-order valence-corrected chi connectivity index (χ1v) is 5.78. The van der Waals surface area contributed by atoms with E-state index in [1.165, 1.54) is 12.8 Å². The van der Waals surface area contributed by atoms with Crippen molar-refractivity contribution in [3.63, 3.8) is 0 Å². The van der Waals surface area contributed by atoms with Crippen molar-refractivity contribution < 1.29 is 4.79 Å². The second-order valence-electron chi connectivity index (χ2n) is 4.17. The number of carbonyl (C=O) groups excluding carboxylic acids is 1. The van der Waals surface area contributed by atoms with Gasteiger partial charge in [0.1, 0.15) is 0 Å². The lowest BCUT2D eigenvalue weighted by Crippen LogP contribution is -2.40. The van der Waals surface area contributed by atoms with E-state index in [2.05, 4.69) is 22.6 Å². The molecule has 2 N–H and O–H groups in total. The number of likely N-dealkylation sites (tertiary alicyclic amines) is 1. The molecular weight excluding hydrogens is 204 g/mol. The number of nitrogens with one attached hydrogen (secondary N) is 2. The Morgan fingerprint density at radius 1 is 1.62 bits per heavy atom. The summed E-state index contributed by atoms with van der Waals surface area (Å²) in [6.07, 6.45) is 2.83. The van der Waals surface area contributed by atoms with Gasteiger partial charge in [-0.1, -0.05) is 0 Å². The van der Waals surface area contributed by atoms with E-state index in [1.807, 2.05) is 6.07 Å². The second kappa shape index (κ2) is 7.20. The van der Waals surface area contributed by atoms with Crippen molar-refractivity contribution in [2.24, 2.45) is 0 Å². The highest BCUT2D eigenvalue weighted by Gasteiger charge is 2.20. The SMILES string of the molecule is CN1CCCC1CNCC(=O)NCCC#N. The lowest BCUT2D eigenvalue weighted by Gasteiger charge is -2.19. The van der Waals surface area contributed by atoms with Crippen molar-refractivity contribution in [1.29, 1.82) is 5.26 Å². The van der Waals surface area contributed by atoms with Crippen LogP contribution in [-0.2, 0) is 4.79 Å². The van der Waals surface area contributed by atoms with Crippen molar-refractivity contribution in [2.45, 2.75) is 25.3 Å². The van der Waals surface area contributed by atoms with Crippen LogP contribution in [0.15, 0.2) is 0 Å². The van der Waals surface area contributed by atoms with Crippen LogP contribution in [0.1, 0.15) is 19.3 Å². The average molecular weight is 224 g/mol. The number of nitrogens with zero attached hydrogens (tertiary/aromatic N) is 2. The molecule has 0 radical (unpaired) electrons. The second-order valence-corrected chi connectivity index (χ2v) is 4.17. The molecule has 5 heteroatoms. The smallest absolute Gasteiger partial charge is 0.233 e. The number of carbonyl (C=O) groups is 1. The summed E-state index contributed by atoms with van der Waals surface area (Å²) in [5, 5.41) is 14.1. The van der Waals surface area contributed by atoms with E-state index in [-0.39, 0.29) is 5.91 Å². The zero-order chi connectivity index (χ0) is 11.8. The Morgan fingerprint density at radius 3 is 3.06 bits per heavy atom. The van der Waals surface area contributed by atoms with Crippen LogP contribution < -0.4 is 10.6 Å². The van der Waals surface area contributed by atoms with Gasteiger partial charge in [0.25, 0.3) is 0 Å². The minimum absolute atomic E-state index is 0.0316. The summed E-state index contributed by atoms with van der Waals surface area (Å²) in [7, 11) is 2.12. The monoisotopic (exact) mass is 224 g/mol. The molecule has 90 valence electrons. The number of hydrogen-bond acceptors (Lipinski definition) is 4. The van der Waals surface area contributed by atoms with E-state index < -0.39 is 0 Å². The zero-order valence-electron chi connectivity index (χ0n) is 9.83. The molecule has 0 aromatic carbocycles. The summed E-state index contributed by atoms with van der Waals surface area (Å²) < 4.78 is 0. The van der Waals surface area contributed by atoms with Crippen LogP contribution in [0.3, 0.4) is 0 Å². The summed E-state index contributed by atoms with van der Waals surface area (Å²) in [5.41, 5.74) is 0. The molecule has 1 unspecified atom stereocenters. The molecule has 1 rings (SSSR count). The maximum Gasteiger partial charge on any atom is 0.233 e. The highest BCUT2D eigenvalue weighted by Crippen LogP contribution is 2.13. The van der Waals surface area contributed by atoms with Crippen LogP contribution >= 0.6 is 0 Å². The predicted molar refractivity (Wildman–Crippen MR) is 61.8 cm³/mol. The molecule has 16 heavy (non-hydrogen) atoms. The van der Waals surface area contributed by atoms with Gasteiger partial charge in [-0.25, -0.2) is 0 Å². The van der Waals surface area contributed by atoms with Gasteiger partial charge >= 0.3 is 0 Å². The average Bonchev–Trinajstić information content (AvgIpc) is 2.65. The van der Waals surface area contributed by atoms with Crippen LogP contribution in [0.2, 0.25) is 0 Å². The third kappa shape index (κ3) is 4.60. The molecule has 0 aromatic rings. The van der Waals surface area contributed by atoms with Gasteiger partial charge in [-0.2, -0.15) is 5.26 Å². The van der Waals surface area contributed by atoms with E-state index in [4.69, 9.17) is 5.26 Å². The van der Waals surface area contributed by atoms with Crippen LogP contribution in [-0.4, -0.2) is 50.1 Å². The lowest BCUT2D eigenvalue weighted by molar-refractivity contribution is -0.120. The molecule has 0 aromatic heterocycles. The molecule has 1 atom stereocenters. The third-order valence-corrected chi connectivity index (χ3v) is 2.90. The van der Waals surface area contributed by atoms with Crippen LogP contribution in [0, 0.1) is 11.3 Å². The molecule has 0 aliphatic carbocycles. The molecule has 1 saturated heterocycles. The van der Waals surface area contributed by atoms with Gasteiger partial charge in [-0.3, -0.25) is 4.79 Å². The van der Waals surface area contributed by atoms with Crippen LogP contribution in [0.25, 0.3) is 0 Å². The van der Waals surface area contributed by atoms with Crippen LogP contribution in [0.4, 0.5) is 0 Å². The normalized spacial score (nSPS) is 20.6. The first-order valence-electron chi connectivity index (χ1n) is 5.78. The maximum absolute atomic E-state index is 11.3. The van der Waals surface area contributed by atoms with Gasteiger partial charge in [-0.15, -0.1) is 0 Å². The Balaban J connectivity index is 2.02. The number of amides is 1. The van der Waals surface area contributed by atoms with Crippen molar-refractivity contribution in [2.75, 3.05) is 33.2 Å². The van der Waals surface area contributed by atoms with Gasteiger partial charge in [0.05, 0.1) is 19.0 Å². The Hall–Kier alpha value is -1.12. The molecule has 1 amide bonds. The fourth-order valence-electron chi connectivity index (χ4n) is 1.91. The van der Waals surface area contributed by atoms with Gasteiger partial charge in [0.2, 0.25) is 5.91 Å². The summed E-state index contributed by atoms with van der Waals surface area (Å²) in [6.45, 7) is 2.80. The van der Waals surface area contributed by atoms with Crippen molar-refractivity contribution in [3.05, 3.63) is 0 Å². The third-order valence-electron chi connectivity index (χ3n) is 2.90. The molecular formula is C11H20N4O. The van der Waals surface area contributed by atoms with Crippen molar-refractivity contribution >= 4 is 5.91 Å². The van der Waals surface area contributed by atoms with Crippen molar-refractivity contribution in [3.8, 4) is 6.07 Å². The highest BCUT2D eigenvalue weighted by atomic mass is 16.1. The Bertz CT molecular complexity index is 261. The number of rotatable bonds is 6. The first-order chi connectivity index (χ1) is 7.74. The highest BCUT2D eigenvalue weighted by molar-refractivity contribution is 5.77. The molecule has 0 spiro atoms. The van der Waals surface area contributed by atoms with Crippen molar-refractivity contribution in [1.82, 2.24) is 15.5 Å². The summed E-state index contributed by atoms with van der Waals surface area (Å²) in [4.78, 5) is 13.6. The molecule has 5 nitrogen and oxygen atoms in total. The van der Waals surface area contributed by atoms with Gasteiger partial charge in [0, 0.05) is 19.1 Å². The van der Waals surface area contributed by atoms with E-state index >= 15 is 0 Å². The number of likely N-dealkylation sites (N-methyl/N-ethyl adjacent to an activating group) is 1. The molecule has 0 bridgehead atoms. The maximum atomic E-state index is 11.3. The Labute approximate surface area is 96.8 Å². The fraction of sp³-hybridized carbons (Fsp3) is 0.818. The molecule has 0 saturated carbocycles. The van der Waals surface area contributed by atoms with Gasteiger partial charge in [0.15, 0.2) is 0 Å². The molecule has 1 heterocycles. The quantitative estimate of drug-likeness (QED) is 0.608. The number of hydrogen-bond donors (Lipinski definition) is 2. The summed E-state index contributed by atoms with van der Waals surface area (Å²) in [6, 6.07) is 2.55. The first kappa shape index (κ1) is 12.9. The number of nitriles is 1.